The fourth-order valence-corrected chi connectivity index (χ4v) is 9.05. The molecule has 0 radical (unpaired) electrons. The zero-order valence-corrected chi connectivity index (χ0v) is 30.9. The van der Waals surface area contributed by atoms with Gasteiger partial charge in [0.2, 0.25) is 11.8 Å². The Labute approximate surface area is 306 Å². The number of benzene rings is 1. The predicted molar refractivity (Wildman–Crippen MR) is 195 cm³/mol. The standard InChI is InChI=1S/C40H54N6O6/c1-39(2,3)52-38(50)42-34-12-6-28(23-41-34)27-14-18-44(19-15-27)24-26-4-8-31(9-5-26)45-20-16-40(51,17-21-45)30-7-10-32-29(22-30)25-46(37(32)49)33-11-13-35(47)43-36(33)48/h6-7,10,12,22-23,26-27,31,33,51H,4-5,8-9,11,13-21,24-25H2,1-3H3,(H,41,42,50)(H,43,47,48). The molecule has 1 aliphatic carbocycles. The number of pyridine rings is 1. The van der Waals surface area contributed by atoms with E-state index in [0.29, 0.717) is 49.1 Å². The van der Waals surface area contributed by atoms with E-state index in [1.165, 1.54) is 31.2 Å². The third kappa shape index (κ3) is 8.19. The Morgan fingerprint density at radius 1 is 0.981 bits per heavy atom. The summed E-state index contributed by atoms with van der Waals surface area (Å²) in [6, 6.07) is 9.51. The predicted octanol–water partition coefficient (Wildman–Crippen LogP) is 4.91. The van der Waals surface area contributed by atoms with Crippen molar-refractivity contribution in [2.45, 2.75) is 121 Å². The summed E-state index contributed by atoms with van der Waals surface area (Å²) in [5.74, 6) is 0.825. The summed E-state index contributed by atoms with van der Waals surface area (Å²) >= 11 is 0. The minimum Gasteiger partial charge on any atom is -0.444 e. The van der Waals surface area contributed by atoms with Crippen LogP contribution in [0.25, 0.3) is 0 Å². The molecule has 1 saturated carbocycles. The van der Waals surface area contributed by atoms with Crippen LogP contribution in [0.2, 0.25) is 0 Å². The summed E-state index contributed by atoms with van der Waals surface area (Å²) in [4.78, 5) is 60.5. The zero-order chi connectivity index (χ0) is 36.6. The zero-order valence-electron chi connectivity index (χ0n) is 30.9. The van der Waals surface area contributed by atoms with Gasteiger partial charge in [0.05, 0.1) is 5.60 Å². The van der Waals surface area contributed by atoms with Gasteiger partial charge in [-0.15, -0.1) is 0 Å². The van der Waals surface area contributed by atoms with E-state index in [9.17, 15) is 24.3 Å². The molecule has 12 nitrogen and oxygen atoms in total. The number of likely N-dealkylation sites (tertiary alicyclic amines) is 2. The molecule has 4 amide bonds. The molecule has 5 aliphatic rings. The first-order valence-corrected chi connectivity index (χ1v) is 19.3. The van der Waals surface area contributed by atoms with Gasteiger partial charge in [-0.1, -0.05) is 18.2 Å². The van der Waals surface area contributed by atoms with Crippen molar-refractivity contribution in [3.8, 4) is 0 Å². The van der Waals surface area contributed by atoms with E-state index in [0.717, 1.165) is 62.6 Å². The molecule has 4 aliphatic heterocycles. The molecule has 1 aromatic heterocycles. The lowest BCUT2D eigenvalue weighted by Crippen LogP contribution is -2.52. The molecular formula is C40H54N6O6. The highest BCUT2D eigenvalue weighted by atomic mass is 16.6. The minimum absolute atomic E-state index is 0.187. The number of amides is 4. The summed E-state index contributed by atoms with van der Waals surface area (Å²) in [6.45, 7) is 10.9. The molecule has 12 heteroatoms. The number of hydrogen-bond acceptors (Lipinski definition) is 9. The lowest BCUT2D eigenvalue weighted by Gasteiger charge is -2.44. The van der Waals surface area contributed by atoms with Gasteiger partial charge in [0.15, 0.2) is 0 Å². The van der Waals surface area contributed by atoms with E-state index in [-0.39, 0.29) is 18.2 Å². The maximum atomic E-state index is 13.1. The third-order valence-electron chi connectivity index (χ3n) is 12.0. The Bertz CT molecular complexity index is 1650. The molecule has 1 atom stereocenters. The largest absolute Gasteiger partial charge is 0.444 e. The van der Waals surface area contributed by atoms with E-state index in [1.807, 2.05) is 45.2 Å². The molecule has 4 fully saturated rings. The monoisotopic (exact) mass is 714 g/mol. The van der Waals surface area contributed by atoms with Crippen LogP contribution >= 0.6 is 0 Å². The van der Waals surface area contributed by atoms with Crippen molar-refractivity contribution >= 4 is 29.6 Å². The van der Waals surface area contributed by atoms with Gasteiger partial charge in [-0.25, -0.2) is 9.78 Å². The van der Waals surface area contributed by atoms with Crippen LogP contribution in [0.1, 0.15) is 118 Å². The number of nitrogens with zero attached hydrogens (tertiary/aromatic N) is 4. The van der Waals surface area contributed by atoms with Gasteiger partial charge >= 0.3 is 6.09 Å². The number of carbonyl (C=O) groups is 4. The summed E-state index contributed by atoms with van der Waals surface area (Å²) < 4.78 is 5.33. The second-order valence-corrected chi connectivity index (χ2v) is 16.7. The maximum absolute atomic E-state index is 13.1. The van der Waals surface area contributed by atoms with Crippen molar-refractivity contribution in [2.75, 3.05) is 38.0 Å². The lowest BCUT2D eigenvalue weighted by molar-refractivity contribution is -0.136. The van der Waals surface area contributed by atoms with Crippen LogP contribution in [0.15, 0.2) is 36.5 Å². The summed E-state index contributed by atoms with van der Waals surface area (Å²) in [5, 5.41) is 16.9. The van der Waals surface area contributed by atoms with Crippen molar-refractivity contribution < 1.29 is 29.0 Å². The quantitative estimate of drug-likeness (QED) is 0.341. The van der Waals surface area contributed by atoms with Crippen molar-refractivity contribution in [2.24, 2.45) is 5.92 Å². The first-order chi connectivity index (χ1) is 24.8. The van der Waals surface area contributed by atoms with Crippen molar-refractivity contribution in [3.63, 3.8) is 0 Å². The fourth-order valence-electron chi connectivity index (χ4n) is 9.05. The molecule has 3 saturated heterocycles. The molecule has 0 bridgehead atoms. The van der Waals surface area contributed by atoms with Gasteiger partial charge in [-0.2, -0.15) is 0 Å². The van der Waals surface area contributed by atoms with E-state index in [2.05, 4.69) is 31.5 Å². The number of imide groups is 1. The van der Waals surface area contributed by atoms with Gasteiger partial charge in [-0.3, -0.25) is 25.0 Å². The molecule has 0 spiro atoms. The maximum Gasteiger partial charge on any atom is 0.413 e. The average molecular weight is 715 g/mol. The minimum atomic E-state index is -0.935. The summed E-state index contributed by atoms with van der Waals surface area (Å²) in [6.07, 6.45) is 10.4. The van der Waals surface area contributed by atoms with Crippen LogP contribution in [-0.2, 0) is 26.5 Å². The van der Waals surface area contributed by atoms with Crippen LogP contribution in [0, 0.1) is 5.92 Å². The van der Waals surface area contributed by atoms with Crippen molar-refractivity contribution in [1.29, 1.82) is 0 Å². The number of aliphatic hydroxyl groups is 1. The molecule has 7 rings (SSSR count). The normalized spacial score (nSPS) is 26.2. The van der Waals surface area contributed by atoms with Crippen LogP contribution < -0.4 is 10.6 Å². The lowest BCUT2D eigenvalue weighted by atomic mass is 9.80. The Balaban J connectivity index is 0.832. The molecule has 52 heavy (non-hydrogen) atoms. The number of ether oxygens (including phenoxy) is 1. The second-order valence-electron chi connectivity index (χ2n) is 16.7. The highest BCUT2D eigenvalue weighted by Crippen LogP contribution is 2.39. The van der Waals surface area contributed by atoms with E-state index >= 15 is 0 Å². The highest BCUT2D eigenvalue weighted by Gasteiger charge is 2.42. The van der Waals surface area contributed by atoms with Gasteiger partial charge in [0, 0.05) is 50.4 Å². The molecule has 1 unspecified atom stereocenters. The fraction of sp³-hybridized carbons (Fsp3) is 0.625. The molecule has 2 aromatic rings. The van der Waals surface area contributed by atoms with Gasteiger partial charge in [0.1, 0.15) is 17.5 Å². The van der Waals surface area contributed by atoms with E-state index < -0.39 is 29.2 Å². The highest BCUT2D eigenvalue weighted by molar-refractivity contribution is 6.05. The van der Waals surface area contributed by atoms with E-state index in [4.69, 9.17) is 4.74 Å². The van der Waals surface area contributed by atoms with Crippen LogP contribution in [0.5, 0.6) is 0 Å². The summed E-state index contributed by atoms with van der Waals surface area (Å²) in [5.41, 5.74) is 2.00. The van der Waals surface area contributed by atoms with E-state index in [1.54, 1.807) is 11.0 Å². The molecule has 5 heterocycles. The molecule has 1 aromatic carbocycles. The van der Waals surface area contributed by atoms with Crippen molar-refractivity contribution in [1.82, 2.24) is 25.0 Å². The number of rotatable bonds is 7. The topological polar surface area (TPSA) is 144 Å². The number of nitrogens with one attached hydrogen (secondary N) is 2. The SMILES string of the molecule is CC(C)(C)OC(=O)Nc1ccc(C2CCN(CC3CCC(N4CCC(O)(c5ccc6c(c5)CN(C5CCC(=O)NC5=O)C6=O)CC4)CC3)CC2)cn1. The van der Waals surface area contributed by atoms with Crippen LogP contribution in [0.4, 0.5) is 10.6 Å². The smallest absolute Gasteiger partial charge is 0.413 e. The Hall–Kier alpha value is -3.87. The molecule has 3 N–H and O–H groups in total. The average Bonchev–Trinajstić information content (AvgIpc) is 3.44. The van der Waals surface area contributed by atoms with Crippen molar-refractivity contribution in [3.05, 3.63) is 58.8 Å². The van der Waals surface area contributed by atoms with Gasteiger partial charge in [0.25, 0.3) is 5.91 Å². The number of fused-ring (bicyclic) bond motifs is 1. The number of piperidine rings is 3. The first-order valence-electron chi connectivity index (χ1n) is 19.3. The molecular weight excluding hydrogens is 660 g/mol. The van der Waals surface area contributed by atoms with Gasteiger partial charge in [-0.05, 0) is 132 Å². The second kappa shape index (κ2) is 14.9. The molecule has 280 valence electrons. The Kier molecular flexibility index (Phi) is 10.4. The Morgan fingerprint density at radius 2 is 1.71 bits per heavy atom. The number of aromatic nitrogens is 1. The summed E-state index contributed by atoms with van der Waals surface area (Å²) in [7, 11) is 0. The van der Waals surface area contributed by atoms with Crippen LogP contribution in [-0.4, -0.2) is 99.0 Å². The number of anilines is 1. The first kappa shape index (κ1) is 36.5. The third-order valence-corrected chi connectivity index (χ3v) is 12.0. The number of hydrogen-bond donors (Lipinski definition) is 3. The number of carbonyl (C=O) groups excluding carboxylic acids is 4. The van der Waals surface area contributed by atoms with Gasteiger partial charge < -0.3 is 24.5 Å². The Morgan fingerprint density at radius 3 is 2.37 bits per heavy atom. The van der Waals surface area contributed by atoms with Crippen LogP contribution in [0.3, 0.4) is 0 Å².